The van der Waals surface area contributed by atoms with Crippen molar-refractivity contribution in [3.63, 3.8) is 0 Å². The van der Waals surface area contributed by atoms with E-state index in [1.807, 2.05) is 6.92 Å². The number of amides is 2. The Morgan fingerprint density at radius 2 is 2.11 bits per heavy atom. The van der Waals surface area contributed by atoms with E-state index in [4.69, 9.17) is 5.73 Å². The average molecular weight is 267 g/mol. The molecule has 0 aromatic heterocycles. The van der Waals surface area contributed by atoms with Gasteiger partial charge in [-0.2, -0.15) is 0 Å². The summed E-state index contributed by atoms with van der Waals surface area (Å²) in [4.78, 5) is 23.4. The summed E-state index contributed by atoms with van der Waals surface area (Å²) in [6.07, 6.45) is 0.815. The lowest BCUT2D eigenvalue weighted by atomic mass is 10.1. The van der Waals surface area contributed by atoms with Crippen molar-refractivity contribution in [3.8, 4) is 0 Å². The van der Waals surface area contributed by atoms with E-state index in [1.54, 1.807) is 6.92 Å². The van der Waals surface area contributed by atoms with Crippen LogP contribution in [0.15, 0.2) is 18.2 Å². The van der Waals surface area contributed by atoms with Crippen LogP contribution < -0.4 is 16.4 Å². The molecule has 2 amide bonds. The Morgan fingerprint density at radius 3 is 2.68 bits per heavy atom. The van der Waals surface area contributed by atoms with E-state index in [1.165, 1.54) is 12.1 Å². The number of anilines is 1. The molecule has 0 aliphatic carbocycles. The van der Waals surface area contributed by atoms with E-state index in [-0.39, 0.29) is 17.2 Å². The van der Waals surface area contributed by atoms with Crippen molar-refractivity contribution < 1.29 is 14.0 Å². The highest BCUT2D eigenvalue weighted by Crippen LogP contribution is 2.11. The fraction of sp³-hybridized carbons (Fsp3) is 0.385. The lowest BCUT2D eigenvalue weighted by molar-refractivity contribution is -0.122. The third-order valence-electron chi connectivity index (χ3n) is 2.55. The van der Waals surface area contributed by atoms with Gasteiger partial charge in [0.25, 0.3) is 5.91 Å². The molecule has 0 radical (unpaired) electrons. The second-order valence-corrected chi connectivity index (χ2v) is 4.22. The highest BCUT2D eigenvalue weighted by molar-refractivity contribution is 5.97. The third-order valence-corrected chi connectivity index (χ3v) is 2.55. The lowest BCUT2D eigenvalue weighted by Crippen LogP contribution is -2.45. The second kappa shape index (κ2) is 6.72. The van der Waals surface area contributed by atoms with Crippen molar-refractivity contribution in [3.05, 3.63) is 29.6 Å². The van der Waals surface area contributed by atoms with Gasteiger partial charge in [0.05, 0.1) is 5.69 Å². The third kappa shape index (κ3) is 4.24. The van der Waals surface area contributed by atoms with Crippen molar-refractivity contribution in [1.82, 2.24) is 10.6 Å². The predicted molar refractivity (Wildman–Crippen MR) is 71.0 cm³/mol. The molecule has 0 aliphatic rings. The summed E-state index contributed by atoms with van der Waals surface area (Å²) >= 11 is 0. The minimum Gasteiger partial charge on any atom is -0.396 e. The number of nitrogens with two attached hydrogens (primary N) is 1. The van der Waals surface area contributed by atoms with E-state index in [2.05, 4.69) is 10.6 Å². The molecule has 1 aromatic rings. The van der Waals surface area contributed by atoms with Crippen molar-refractivity contribution in [2.45, 2.75) is 26.3 Å². The summed E-state index contributed by atoms with van der Waals surface area (Å²) in [5.74, 6) is -1.44. The molecule has 1 atom stereocenters. The summed E-state index contributed by atoms with van der Waals surface area (Å²) < 4.78 is 13.2. The van der Waals surface area contributed by atoms with Gasteiger partial charge in [0.1, 0.15) is 11.9 Å². The number of hydrogen-bond acceptors (Lipinski definition) is 3. The van der Waals surface area contributed by atoms with Crippen LogP contribution >= 0.6 is 0 Å². The van der Waals surface area contributed by atoms with E-state index in [0.717, 1.165) is 12.5 Å². The number of benzene rings is 1. The van der Waals surface area contributed by atoms with Crippen LogP contribution in [0, 0.1) is 5.82 Å². The zero-order valence-corrected chi connectivity index (χ0v) is 11.0. The molecule has 0 bridgehead atoms. The van der Waals surface area contributed by atoms with Crippen LogP contribution in [0.4, 0.5) is 10.1 Å². The zero-order chi connectivity index (χ0) is 14.4. The predicted octanol–water partition coefficient (Wildman–Crippen LogP) is 1.05. The molecule has 4 N–H and O–H groups in total. The summed E-state index contributed by atoms with van der Waals surface area (Å²) in [5.41, 5.74) is 5.43. The van der Waals surface area contributed by atoms with E-state index in [9.17, 15) is 14.0 Å². The second-order valence-electron chi connectivity index (χ2n) is 4.22. The molecule has 0 fully saturated rings. The average Bonchev–Trinajstić information content (AvgIpc) is 2.38. The molecule has 0 spiro atoms. The molecule has 5 nitrogen and oxygen atoms in total. The number of carbonyl (C=O) groups is 2. The fourth-order valence-corrected chi connectivity index (χ4v) is 1.42. The van der Waals surface area contributed by atoms with Crippen LogP contribution in [-0.4, -0.2) is 24.4 Å². The van der Waals surface area contributed by atoms with Crippen LogP contribution in [0.25, 0.3) is 0 Å². The Morgan fingerprint density at radius 1 is 1.42 bits per heavy atom. The number of hydrogen-bond donors (Lipinski definition) is 3. The molecule has 6 heteroatoms. The maximum absolute atomic E-state index is 13.2. The van der Waals surface area contributed by atoms with Crippen molar-refractivity contribution in [2.24, 2.45) is 0 Å². The Bertz CT molecular complexity index is 477. The first-order chi connectivity index (χ1) is 8.95. The molecule has 1 rings (SSSR count). The smallest absolute Gasteiger partial charge is 0.252 e. The van der Waals surface area contributed by atoms with Gasteiger partial charge < -0.3 is 16.4 Å². The van der Waals surface area contributed by atoms with Gasteiger partial charge in [-0.15, -0.1) is 0 Å². The highest BCUT2D eigenvalue weighted by Gasteiger charge is 2.16. The quantitative estimate of drug-likeness (QED) is 0.697. The van der Waals surface area contributed by atoms with Gasteiger partial charge in [-0.05, 0) is 31.5 Å². The monoisotopic (exact) mass is 267 g/mol. The molecule has 0 saturated carbocycles. The first kappa shape index (κ1) is 14.9. The Kier molecular flexibility index (Phi) is 5.29. The molecule has 1 aromatic carbocycles. The minimum atomic E-state index is -0.681. The highest BCUT2D eigenvalue weighted by atomic mass is 19.1. The molecule has 104 valence electrons. The van der Waals surface area contributed by atoms with Gasteiger partial charge in [-0.1, -0.05) is 6.92 Å². The molecule has 0 aliphatic heterocycles. The van der Waals surface area contributed by atoms with Gasteiger partial charge in [0.15, 0.2) is 0 Å². The molecular weight excluding hydrogens is 249 g/mol. The summed E-state index contributed by atoms with van der Waals surface area (Å²) in [6.45, 7) is 4.05. The van der Waals surface area contributed by atoms with Gasteiger partial charge in [-0.25, -0.2) is 4.39 Å². The lowest BCUT2D eigenvalue weighted by Gasteiger charge is -2.14. The Hall–Kier alpha value is -2.11. The number of nitrogens with one attached hydrogen (secondary N) is 2. The van der Waals surface area contributed by atoms with E-state index in [0.29, 0.717) is 6.54 Å². The molecule has 0 heterocycles. The Labute approximate surface area is 111 Å². The molecule has 0 saturated heterocycles. The maximum atomic E-state index is 13.2. The van der Waals surface area contributed by atoms with Crippen molar-refractivity contribution in [2.75, 3.05) is 12.3 Å². The van der Waals surface area contributed by atoms with Crippen LogP contribution in [0.1, 0.15) is 30.6 Å². The number of halogens is 1. The molecule has 1 unspecified atom stereocenters. The summed E-state index contributed by atoms with van der Waals surface area (Å²) in [6, 6.07) is 3.08. The van der Waals surface area contributed by atoms with Crippen LogP contribution in [0.5, 0.6) is 0 Å². The van der Waals surface area contributed by atoms with Crippen molar-refractivity contribution in [1.29, 1.82) is 0 Å². The SMILES string of the molecule is CCCNC(=O)C(C)NC(=O)c1ccc(N)c(F)c1. The van der Waals surface area contributed by atoms with Crippen LogP contribution in [0.3, 0.4) is 0 Å². The summed E-state index contributed by atoms with van der Waals surface area (Å²) in [5, 5.41) is 5.15. The standard InChI is InChI=1S/C13H18FN3O2/c1-3-6-16-12(18)8(2)17-13(19)9-4-5-11(15)10(14)7-9/h4-5,7-8H,3,6,15H2,1-2H3,(H,16,18)(H,17,19). The van der Waals surface area contributed by atoms with Crippen molar-refractivity contribution >= 4 is 17.5 Å². The normalized spacial score (nSPS) is 11.7. The first-order valence-electron chi connectivity index (χ1n) is 6.09. The number of rotatable bonds is 5. The molecule has 19 heavy (non-hydrogen) atoms. The fourth-order valence-electron chi connectivity index (χ4n) is 1.42. The molecular formula is C13H18FN3O2. The number of carbonyl (C=O) groups excluding carboxylic acids is 2. The minimum absolute atomic E-state index is 0.0229. The number of nitrogen functional groups attached to an aromatic ring is 1. The largest absolute Gasteiger partial charge is 0.396 e. The van der Waals surface area contributed by atoms with E-state index >= 15 is 0 Å². The van der Waals surface area contributed by atoms with Gasteiger partial charge in [-0.3, -0.25) is 9.59 Å². The van der Waals surface area contributed by atoms with Crippen LogP contribution in [-0.2, 0) is 4.79 Å². The first-order valence-corrected chi connectivity index (χ1v) is 6.09. The zero-order valence-electron chi connectivity index (χ0n) is 11.0. The maximum Gasteiger partial charge on any atom is 0.252 e. The van der Waals surface area contributed by atoms with Gasteiger partial charge in [0, 0.05) is 12.1 Å². The topological polar surface area (TPSA) is 84.2 Å². The Balaban J connectivity index is 2.63. The summed E-state index contributed by atoms with van der Waals surface area (Å²) in [7, 11) is 0. The van der Waals surface area contributed by atoms with Gasteiger partial charge >= 0.3 is 0 Å². The van der Waals surface area contributed by atoms with Gasteiger partial charge in [0.2, 0.25) is 5.91 Å². The van der Waals surface area contributed by atoms with E-state index < -0.39 is 17.8 Å². The van der Waals surface area contributed by atoms with Crippen LogP contribution in [0.2, 0.25) is 0 Å².